The summed E-state index contributed by atoms with van der Waals surface area (Å²) in [5.74, 6) is -0.153. The minimum Gasteiger partial charge on any atom is -0.325 e. The van der Waals surface area contributed by atoms with Crippen LogP contribution in [-0.4, -0.2) is 18.4 Å². The maximum absolute atomic E-state index is 12.7. The highest BCUT2D eigenvalue weighted by Crippen LogP contribution is 2.31. The summed E-state index contributed by atoms with van der Waals surface area (Å²) in [5.41, 5.74) is 3.84. The third kappa shape index (κ3) is 3.73. The van der Waals surface area contributed by atoms with Crippen LogP contribution in [0.1, 0.15) is 43.7 Å². The minimum absolute atomic E-state index is 0.0150. The highest BCUT2D eigenvalue weighted by atomic mass is 16.2. The summed E-state index contributed by atoms with van der Waals surface area (Å²) < 4.78 is 0. The first-order chi connectivity index (χ1) is 12.1. The van der Waals surface area contributed by atoms with Gasteiger partial charge < -0.3 is 10.2 Å². The Hall–Kier alpha value is -2.62. The lowest BCUT2D eigenvalue weighted by atomic mass is 9.95. The van der Waals surface area contributed by atoms with Crippen molar-refractivity contribution in [1.29, 1.82) is 0 Å². The number of fused-ring (bicyclic) bond motifs is 1. The van der Waals surface area contributed by atoms with Gasteiger partial charge in [-0.1, -0.05) is 43.3 Å². The normalized spacial score (nSPS) is 14.6. The number of aryl methyl sites for hydroxylation is 1. The van der Waals surface area contributed by atoms with E-state index in [9.17, 15) is 9.59 Å². The minimum atomic E-state index is -0.179. The number of anilines is 2. The largest absolute Gasteiger partial charge is 0.325 e. The maximum Gasteiger partial charge on any atom is 0.231 e. The molecule has 0 unspecified atom stereocenters. The molecular formula is C21H24N2O2. The zero-order valence-electron chi connectivity index (χ0n) is 14.8. The second-order valence-electron chi connectivity index (χ2n) is 6.48. The van der Waals surface area contributed by atoms with Gasteiger partial charge in [-0.2, -0.15) is 0 Å². The van der Waals surface area contributed by atoms with Gasteiger partial charge in [-0.15, -0.1) is 0 Å². The number of rotatable bonds is 4. The van der Waals surface area contributed by atoms with Gasteiger partial charge in [0.25, 0.3) is 0 Å². The average Bonchev–Trinajstić information content (AvgIpc) is 2.62. The Morgan fingerprint density at radius 1 is 1.16 bits per heavy atom. The van der Waals surface area contributed by atoms with Crippen LogP contribution < -0.4 is 10.2 Å². The number of carbonyl (C=O) groups is 2. The average molecular weight is 336 g/mol. The maximum atomic E-state index is 12.7. The zero-order valence-corrected chi connectivity index (χ0v) is 14.8. The summed E-state index contributed by atoms with van der Waals surface area (Å²) in [6.07, 6.45) is 2.68. The third-order valence-electron chi connectivity index (χ3n) is 4.78. The molecule has 0 aromatic heterocycles. The van der Waals surface area contributed by atoms with Crippen molar-refractivity contribution in [3.8, 4) is 0 Å². The van der Waals surface area contributed by atoms with Gasteiger partial charge in [-0.05, 0) is 42.5 Å². The molecule has 0 aliphatic carbocycles. The molecule has 1 heterocycles. The van der Waals surface area contributed by atoms with Crippen molar-refractivity contribution in [2.24, 2.45) is 0 Å². The molecule has 4 nitrogen and oxygen atoms in total. The molecular weight excluding hydrogens is 312 g/mol. The summed E-state index contributed by atoms with van der Waals surface area (Å²) in [7, 11) is 0. The summed E-state index contributed by atoms with van der Waals surface area (Å²) in [6, 6.07) is 15.7. The molecule has 130 valence electrons. The summed E-state index contributed by atoms with van der Waals surface area (Å²) in [6.45, 7) is 4.34. The van der Waals surface area contributed by atoms with E-state index >= 15 is 0 Å². The number of benzene rings is 2. The monoisotopic (exact) mass is 336 g/mol. The molecule has 25 heavy (non-hydrogen) atoms. The molecule has 2 aromatic carbocycles. The van der Waals surface area contributed by atoms with Crippen LogP contribution in [0.15, 0.2) is 48.5 Å². The lowest BCUT2D eigenvalue weighted by molar-refractivity contribution is -0.118. The molecule has 0 fully saturated rings. The Morgan fingerprint density at radius 2 is 1.92 bits per heavy atom. The third-order valence-corrected chi connectivity index (χ3v) is 4.78. The predicted octanol–water partition coefficient (Wildman–Crippen LogP) is 4.12. The molecule has 4 heteroatoms. The smallest absolute Gasteiger partial charge is 0.231 e. The van der Waals surface area contributed by atoms with Gasteiger partial charge in [-0.3, -0.25) is 9.59 Å². The van der Waals surface area contributed by atoms with Crippen molar-refractivity contribution in [3.63, 3.8) is 0 Å². The second-order valence-corrected chi connectivity index (χ2v) is 6.48. The van der Waals surface area contributed by atoms with Crippen molar-refractivity contribution < 1.29 is 9.59 Å². The Morgan fingerprint density at radius 3 is 2.60 bits per heavy atom. The van der Waals surface area contributed by atoms with Gasteiger partial charge in [0.05, 0.1) is 5.92 Å². The predicted molar refractivity (Wildman–Crippen MR) is 101 cm³/mol. The van der Waals surface area contributed by atoms with Crippen LogP contribution in [0.2, 0.25) is 0 Å². The molecule has 2 amide bonds. The Bertz CT molecular complexity index is 771. The summed E-state index contributed by atoms with van der Waals surface area (Å²) >= 11 is 0. The van der Waals surface area contributed by atoms with Crippen LogP contribution in [0.5, 0.6) is 0 Å². The van der Waals surface area contributed by atoms with Crippen LogP contribution >= 0.6 is 0 Å². The molecule has 1 N–H and O–H groups in total. The fourth-order valence-corrected chi connectivity index (χ4v) is 3.47. The number of nitrogens with zero attached hydrogens (tertiary/aromatic N) is 1. The van der Waals surface area contributed by atoms with E-state index in [1.165, 1.54) is 0 Å². The molecule has 0 bridgehead atoms. The highest BCUT2D eigenvalue weighted by molar-refractivity contribution is 5.98. The molecule has 1 atom stereocenters. The summed E-state index contributed by atoms with van der Waals surface area (Å²) in [4.78, 5) is 26.4. The summed E-state index contributed by atoms with van der Waals surface area (Å²) in [5, 5.41) is 3.02. The number of amides is 2. The highest BCUT2D eigenvalue weighted by Gasteiger charge is 2.22. The molecule has 0 radical (unpaired) electrons. The van der Waals surface area contributed by atoms with Gasteiger partial charge in [0.2, 0.25) is 11.8 Å². The van der Waals surface area contributed by atoms with Gasteiger partial charge in [0.1, 0.15) is 0 Å². The van der Waals surface area contributed by atoms with Gasteiger partial charge in [-0.25, -0.2) is 0 Å². The first-order valence-electron chi connectivity index (χ1n) is 8.87. The molecule has 0 saturated carbocycles. The Labute approximate surface area is 148 Å². The van der Waals surface area contributed by atoms with Crippen molar-refractivity contribution in [2.75, 3.05) is 16.8 Å². The van der Waals surface area contributed by atoms with Crippen LogP contribution in [0.3, 0.4) is 0 Å². The molecule has 0 saturated heterocycles. The van der Waals surface area contributed by atoms with E-state index in [4.69, 9.17) is 0 Å². The fourth-order valence-electron chi connectivity index (χ4n) is 3.47. The Balaban J connectivity index is 1.82. The van der Waals surface area contributed by atoms with Crippen LogP contribution in [0.25, 0.3) is 0 Å². The van der Waals surface area contributed by atoms with E-state index in [0.717, 1.165) is 48.3 Å². The first-order valence-corrected chi connectivity index (χ1v) is 8.87. The molecule has 3 rings (SSSR count). The van der Waals surface area contributed by atoms with Crippen molar-refractivity contribution in [1.82, 2.24) is 0 Å². The molecule has 2 aromatic rings. The molecule has 1 aliphatic heterocycles. The first kappa shape index (κ1) is 17.2. The number of hydrogen-bond donors (Lipinski definition) is 1. The quantitative estimate of drug-likeness (QED) is 0.913. The van der Waals surface area contributed by atoms with Gasteiger partial charge in [0, 0.05) is 24.8 Å². The van der Waals surface area contributed by atoms with E-state index in [2.05, 4.69) is 5.32 Å². The number of hydrogen-bond acceptors (Lipinski definition) is 2. The fraction of sp³-hybridized carbons (Fsp3) is 0.333. The van der Waals surface area contributed by atoms with Crippen LogP contribution in [0, 0.1) is 0 Å². The van der Waals surface area contributed by atoms with E-state index in [-0.39, 0.29) is 17.7 Å². The van der Waals surface area contributed by atoms with Crippen molar-refractivity contribution in [3.05, 3.63) is 59.7 Å². The van der Waals surface area contributed by atoms with E-state index < -0.39 is 0 Å². The SMILES string of the molecule is CC[C@@H](C(=O)Nc1ccc2c(c1)N(C(C)=O)CCC2)c1ccccc1. The second kappa shape index (κ2) is 7.51. The zero-order chi connectivity index (χ0) is 17.8. The van der Waals surface area contributed by atoms with Crippen LogP contribution in [-0.2, 0) is 16.0 Å². The standard InChI is InChI=1S/C21H24N2O2/c1-3-19(16-8-5-4-6-9-16)21(25)22-18-12-11-17-10-7-13-23(15(2)24)20(17)14-18/h4-6,8-9,11-12,14,19H,3,7,10,13H2,1-2H3,(H,22,25)/t19-/m1/s1. The van der Waals surface area contributed by atoms with E-state index in [0.29, 0.717) is 0 Å². The van der Waals surface area contributed by atoms with E-state index in [1.54, 1.807) is 11.8 Å². The topological polar surface area (TPSA) is 49.4 Å². The van der Waals surface area contributed by atoms with Gasteiger partial charge >= 0.3 is 0 Å². The molecule has 0 spiro atoms. The number of nitrogens with one attached hydrogen (secondary N) is 1. The van der Waals surface area contributed by atoms with E-state index in [1.807, 2.05) is 55.5 Å². The number of carbonyl (C=O) groups excluding carboxylic acids is 2. The lowest BCUT2D eigenvalue weighted by Crippen LogP contribution is -2.33. The van der Waals surface area contributed by atoms with Crippen LogP contribution in [0.4, 0.5) is 11.4 Å². The molecule has 1 aliphatic rings. The lowest BCUT2D eigenvalue weighted by Gasteiger charge is -2.29. The Kier molecular flexibility index (Phi) is 5.17. The van der Waals surface area contributed by atoms with Gasteiger partial charge in [0.15, 0.2) is 0 Å². The van der Waals surface area contributed by atoms with Crippen molar-refractivity contribution in [2.45, 2.75) is 39.0 Å². The van der Waals surface area contributed by atoms with Crippen molar-refractivity contribution >= 4 is 23.2 Å².